The van der Waals surface area contributed by atoms with Crippen molar-refractivity contribution in [3.05, 3.63) is 16.1 Å². The Kier molecular flexibility index (Phi) is 5.39. The number of halogens is 2. The molecule has 1 atom stereocenters. The predicted octanol–water partition coefficient (Wildman–Crippen LogP) is 0.000100. The second kappa shape index (κ2) is 6.58. The van der Waals surface area contributed by atoms with Gasteiger partial charge in [0, 0.05) is 18.3 Å². The average Bonchev–Trinajstić information content (AvgIpc) is 2.74. The number of nitrogens with two attached hydrogens (primary N) is 1. The number of nitrogens with one attached hydrogen (secondary N) is 1. The Labute approximate surface area is 101 Å². The van der Waals surface area contributed by atoms with Crippen molar-refractivity contribution in [1.29, 1.82) is 0 Å². The van der Waals surface area contributed by atoms with Gasteiger partial charge in [-0.3, -0.25) is 4.79 Å². The van der Waals surface area contributed by atoms with Crippen LogP contribution in [-0.2, 0) is 6.42 Å². The highest BCUT2D eigenvalue weighted by Gasteiger charge is 2.18. The molecule has 96 valence electrons. The number of alkyl halides is 2. The number of carbonyl (C=O) groups excluding carboxylic acids is 1. The Morgan fingerprint density at radius 1 is 1.65 bits per heavy atom. The Bertz CT molecular complexity index is 373. The van der Waals surface area contributed by atoms with Crippen molar-refractivity contribution in [2.45, 2.75) is 19.0 Å². The third-order valence-electron chi connectivity index (χ3n) is 1.91. The Morgan fingerprint density at radius 2 is 2.35 bits per heavy atom. The third-order valence-corrected chi connectivity index (χ3v) is 2.81. The van der Waals surface area contributed by atoms with E-state index in [9.17, 15) is 13.6 Å². The van der Waals surface area contributed by atoms with Crippen molar-refractivity contribution in [2.24, 2.45) is 5.73 Å². The molecule has 0 aliphatic carbocycles. The van der Waals surface area contributed by atoms with Crippen molar-refractivity contribution in [3.63, 3.8) is 0 Å². The fourth-order valence-electron chi connectivity index (χ4n) is 1.03. The van der Waals surface area contributed by atoms with Crippen LogP contribution in [0.25, 0.3) is 0 Å². The van der Waals surface area contributed by atoms with Gasteiger partial charge in [-0.2, -0.15) is 0 Å². The lowest BCUT2D eigenvalue weighted by Gasteiger charge is -2.09. The van der Waals surface area contributed by atoms with Crippen LogP contribution in [0.15, 0.2) is 5.38 Å². The predicted molar refractivity (Wildman–Crippen MR) is 59.2 cm³/mol. The van der Waals surface area contributed by atoms with Gasteiger partial charge in [-0.1, -0.05) is 0 Å². The van der Waals surface area contributed by atoms with E-state index >= 15 is 0 Å². The van der Waals surface area contributed by atoms with E-state index in [1.807, 2.05) is 0 Å². The molecule has 0 saturated carbocycles. The van der Waals surface area contributed by atoms with Gasteiger partial charge in [0.2, 0.25) is 0 Å². The van der Waals surface area contributed by atoms with Crippen LogP contribution in [0.1, 0.15) is 15.5 Å². The van der Waals surface area contributed by atoms with Crippen molar-refractivity contribution >= 4 is 17.2 Å². The van der Waals surface area contributed by atoms with E-state index in [1.54, 1.807) is 0 Å². The molecule has 5 nitrogen and oxygen atoms in total. The van der Waals surface area contributed by atoms with E-state index < -0.39 is 25.0 Å². The van der Waals surface area contributed by atoms with Crippen LogP contribution in [0.5, 0.6) is 0 Å². The molecule has 1 rings (SSSR count). The normalized spacial score (nSPS) is 12.8. The molecule has 4 N–H and O–H groups in total. The number of hydrogen-bond acceptors (Lipinski definition) is 5. The van der Waals surface area contributed by atoms with Crippen LogP contribution < -0.4 is 11.1 Å². The second-order valence-electron chi connectivity index (χ2n) is 3.28. The Morgan fingerprint density at radius 3 is 2.94 bits per heavy atom. The van der Waals surface area contributed by atoms with Crippen LogP contribution in [0.2, 0.25) is 0 Å². The molecule has 0 aromatic carbocycles. The van der Waals surface area contributed by atoms with Gasteiger partial charge in [0.15, 0.2) is 0 Å². The maximum Gasteiger partial charge on any atom is 0.270 e. The minimum atomic E-state index is -2.88. The summed E-state index contributed by atoms with van der Waals surface area (Å²) in [6.07, 6.45) is -4.17. The number of aliphatic hydroxyl groups excluding tert-OH is 1. The summed E-state index contributed by atoms with van der Waals surface area (Å²) in [6.45, 7) is -0.0705. The van der Waals surface area contributed by atoms with Gasteiger partial charge in [-0.15, -0.1) is 11.3 Å². The number of carbonyl (C=O) groups is 1. The first-order chi connectivity index (χ1) is 8.04. The lowest BCUT2D eigenvalue weighted by atomic mass is 10.3. The molecule has 17 heavy (non-hydrogen) atoms. The van der Waals surface area contributed by atoms with E-state index in [0.717, 1.165) is 0 Å². The summed E-state index contributed by atoms with van der Waals surface area (Å²) < 4.78 is 23.9. The summed E-state index contributed by atoms with van der Waals surface area (Å²) in [7, 11) is 0. The van der Waals surface area contributed by atoms with Crippen LogP contribution in [-0.4, -0.2) is 41.6 Å². The monoisotopic (exact) mass is 265 g/mol. The van der Waals surface area contributed by atoms with Gasteiger partial charge >= 0.3 is 0 Å². The van der Waals surface area contributed by atoms with E-state index in [4.69, 9.17) is 10.8 Å². The Balaban J connectivity index is 2.46. The molecule has 0 aliphatic rings. The van der Waals surface area contributed by atoms with Crippen molar-refractivity contribution < 1.29 is 18.7 Å². The number of aromatic nitrogens is 1. The molecule has 0 bridgehead atoms. The topological polar surface area (TPSA) is 88.2 Å². The van der Waals surface area contributed by atoms with E-state index in [1.165, 1.54) is 16.7 Å². The SMILES string of the molecule is NCCc1nc(C(=O)NCC(O)C(F)F)cs1. The highest BCUT2D eigenvalue weighted by Crippen LogP contribution is 2.10. The van der Waals surface area contributed by atoms with Crippen LogP contribution in [0.3, 0.4) is 0 Å². The van der Waals surface area contributed by atoms with Crippen molar-refractivity contribution in [3.8, 4) is 0 Å². The van der Waals surface area contributed by atoms with Crippen molar-refractivity contribution in [1.82, 2.24) is 10.3 Å². The first kappa shape index (κ1) is 13.9. The maximum absolute atomic E-state index is 12.0. The fraction of sp³-hybridized carbons (Fsp3) is 0.556. The molecular weight excluding hydrogens is 252 g/mol. The highest BCUT2D eigenvalue weighted by atomic mass is 32.1. The zero-order valence-electron chi connectivity index (χ0n) is 8.90. The molecule has 0 fully saturated rings. The van der Waals surface area contributed by atoms with Gasteiger partial charge < -0.3 is 16.2 Å². The lowest BCUT2D eigenvalue weighted by molar-refractivity contribution is -0.00272. The molecule has 0 saturated heterocycles. The van der Waals surface area contributed by atoms with Gasteiger partial charge in [0.05, 0.1) is 5.01 Å². The molecule has 8 heteroatoms. The van der Waals surface area contributed by atoms with Crippen LogP contribution >= 0.6 is 11.3 Å². The summed E-state index contributed by atoms with van der Waals surface area (Å²) >= 11 is 1.28. The molecular formula is C9H13F2N3O2S. The van der Waals surface area contributed by atoms with E-state index in [2.05, 4.69) is 10.3 Å². The highest BCUT2D eigenvalue weighted by molar-refractivity contribution is 7.09. The van der Waals surface area contributed by atoms with Gasteiger partial charge in [-0.05, 0) is 6.54 Å². The molecule has 0 aliphatic heterocycles. The number of thiazole rings is 1. The minimum absolute atomic E-state index is 0.153. The summed E-state index contributed by atoms with van der Waals surface area (Å²) in [4.78, 5) is 15.4. The lowest BCUT2D eigenvalue weighted by Crippen LogP contribution is -2.35. The molecule has 0 spiro atoms. The minimum Gasteiger partial charge on any atom is -0.385 e. The molecule has 0 radical (unpaired) electrons. The quantitative estimate of drug-likeness (QED) is 0.675. The number of aliphatic hydroxyl groups is 1. The zero-order valence-corrected chi connectivity index (χ0v) is 9.71. The maximum atomic E-state index is 12.0. The summed E-state index contributed by atoms with van der Waals surface area (Å²) in [5.41, 5.74) is 5.48. The van der Waals surface area contributed by atoms with Crippen molar-refractivity contribution in [2.75, 3.05) is 13.1 Å². The average molecular weight is 265 g/mol. The van der Waals surface area contributed by atoms with E-state index in [-0.39, 0.29) is 5.69 Å². The number of amides is 1. The first-order valence-corrected chi connectivity index (χ1v) is 5.81. The summed E-state index contributed by atoms with van der Waals surface area (Å²) in [6, 6.07) is 0. The molecule has 1 aromatic rings. The summed E-state index contributed by atoms with van der Waals surface area (Å²) in [5, 5.41) is 13.2. The third kappa shape index (κ3) is 4.33. The van der Waals surface area contributed by atoms with E-state index in [0.29, 0.717) is 18.0 Å². The van der Waals surface area contributed by atoms with Crippen LogP contribution in [0, 0.1) is 0 Å². The van der Waals surface area contributed by atoms with Gasteiger partial charge in [-0.25, -0.2) is 13.8 Å². The molecule has 1 aromatic heterocycles. The molecule has 1 heterocycles. The summed E-state index contributed by atoms with van der Waals surface area (Å²) in [5.74, 6) is -0.579. The number of hydrogen-bond donors (Lipinski definition) is 3. The van der Waals surface area contributed by atoms with Gasteiger partial charge in [0.25, 0.3) is 12.3 Å². The second-order valence-corrected chi connectivity index (χ2v) is 4.22. The number of rotatable bonds is 6. The smallest absolute Gasteiger partial charge is 0.270 e. The molecule has 1 amide bonds. The zero-order chi connectivity index (χ0) is 12.8. The fourth-order valence-corrected chi connectivity index (χ4v) is 1.82. The number of nitrogens with zero attached hydrogens (tertiary/aromatic N) is 1. The van der Waals surface area contributed by atoms with Gasteiger partial charge in [0.1, 0.15) is 11.8 Å². The Hall–Kier alpha value is -1.12. The first-order valence-electron chi connectivity index (χ1n) is 4.93. The largest absolute Gasteiger partial charge is 0.385 e. The van der Waals surface area contributed by atoms with Crippen LogP contribution in [0.4, 0.5) is 8.78 Å². The standard InChI is InChI=1S/C9H13F2N3O2S/c10-8(11)6(15)3-13-9(16)5-4-17-7(14-5)1-2-12/h4,6,8,15H,1-3,12H2,(H,13,16). The molecule has 1 unspecified atom stereocenters.